The fourth-order valence-corrected chi connectivity index (χ4v) is 5.22. The zero-order chi connectivity index (χ0) is 15.0. The molecule has 0 radical (unpaired) electrons. The van der Waals surface area contributed by atoms with Gasteiger partial charge in [-0.15, -0.1) is 0 Å². The summed E-state index contributed by atoms with van der Waals surface area (Å²) in [6, 6.07) is 6.08. The number of hydrogen-bond acceptors (Lipinski definition) is 3. The van der Waals surface area contributed by atoms with E-state index in [2.05, 4.69) is 4.90 Å². The molecule has 3 rings (SSSR count). The number of rotatable bonds is 3. The van der Waals surface area contributed by atoms with Crippen molar-refractivity contribution in [2.24, 2.45) is 0 Å². The van der Waals surface area contributed by atoms with E-state index in [1.54, 1.807) is 16.4 Å². The van der Waals surface area contributed by atoms with Gasteiger partial charge in [-0.05, 0) is 44.0 Å². The highest BCUT2D eigenvalue weighted by molar-refractivity contribution is 7.88. The van der Waals surface area contributed by atoms with Gasteiger partial charge in [-0.1, -0.05) is 12.1 Å². The van der Waals surface area contributed by atoms with Crippen LogP contribution < -0.4 is 0 Å². The fraction of sp³-hybridized carbons (Fsp3) is 0.600. The fourth-order valence-electron chi connectivity index (χ4n) is 3.42. The minimum atomic E-state index is -3.35. The van der Waals surface area contributed by atoms with Gasteiger partial charge in [-0.25, -0.2) is 12.8 Å². The first-order valence-electron chi connectivity index (χ1n) is 7.44. The summed E-state index contributed by atoms with van der Waals surface area (Å²) in [6.07, 6.45) is 2.23. The molecule has 0 saturated carbocycles. The number of hydrogen-bond donors (Lipinski definition) is 0. The Hall–Kier alpha value is -0.980. The average molecular weight is 312 g/mol. The average Bonchev–Trinajstić information content (AvgIpc) is 2.87. The van der Waals surface area contributed by atoms with Crippen LogP contribution >= 0.6 is 0 Å². The first-order chi connectivity index (χ1) is 9.95. The highest BCUT2D eigenvalue weighted by Crippen LogP contribution is 2.27. The smallest absolute Gasteiger partial charge is 0.218 e. The number of benzene rings is 1. The van der Waals surface area contributed by atoms with Crippen LogP contribution in [0.2, 0.25) is 0 Å². The van der Waals surface area contributed by atoms with Gasteiger partial charge in [-0.2, -0.15) is 4.31 Å². The molecule has 2 aliphatic rings. The standard InChI is InChI=1S/C15H21FN2O2S/c1-12-9-17-8-2-3-15(17)10-18(12)21(19,20)11-13-4-6-14(16)7-5-13/h4-7,12,15H,2-3,8-11H2,1H3/t12-,15-/m0/s1. The molecule has 2 heterocycles. The third-order valence-electron chi connectivity index (χ3n) is 4.50. The summed E-state index contributed by atoms with van der Waals surface area (Å²) in [5.74, 6) is -0.395. The second kappa shape index (κ2) is 5.66. The number of fused-ring (bicyclic) bond motifs is 1. The van der Waals surface area contributed by atoms with Crippen LogP contribution in [-0.2, 0) is 15.8 Å². The molecule has 0 bridgehead atoms. The molecule has 0 amide bonds. The summed E-state index contributed by atoms with van der Waals surface area (Å²) in [5, 5.41) is 0. The van der Waals surface area contributed by atoms with Crippen LogP contribution in [0.15, 0.2) is 24.3 Å². The Kier molecular flexibility index (Phi) is 4.03. The molecule has 0 unspecified atom stereocenters. The molecule has 2 aliphatic heterocycles. The van der Waals surface area contributed by atoms with Gasteiger partial charge in [0, 0.05) is 25.2 Å². The van der Waals surface area contributed by atoms with E-state index >= 15 is 0 Å². The summed E-state index contributed by atoms with van der Waals surface area (Å²) in [6.45, 7) is 4.45. The van der Waals surface area contributed by atoms with E-state index in [-0.39, 0.29) is 17.6 Å². The van der Waals surface area contributed by atoms with Crippen LogP contribution in [0, 0.1) is 5.82 Å². The Labute approximate surface area is 125 Å². The van der Waals surface area contributed by atoms with Crippen molar-refractivity contribution < 1.29 is 12.8 Å². The van der Waals surface area contributed by atoms with E-state index in [4.69, 9.17) is 0 Å². The number of nitrogens with zero attached hydrogens (tertiary/aromatic N) is 2. The Morgan fingerprint density at radius 1 is 1.24 bits per heavy atom. The number of piperazine rings is 1. The molecule has 116 valence electrons. The van der Waals surface area contributed by atoms with Crippen LogP contribution in [0.1, 0.15) is 25.3 Å². The molecule has 4 nitrogen and oxygen atoms in total. The lowest BCUT2D eigenvalue weighted by Gasteiger charge is -2.41. The molecule has 21 heavy (non-hydrogen) atoms. The third kappa shape index (κ3) is 3.12. The molecule has 2 saturated heterocycles. The van der Waals surface area contributed by atoms with Crippen molar-refractivity contribution >= 4 is 10.0 Å². The van der Waals surface area contributed by atoms with Crippen LogP contribution in [-0.4, -0.2) is 49.3 Å². The van der Waals surface area contributed by atoms with Gasteiger partial charge in [-0.3, -0.25) is 4.90 Å². The van der Waals surface area contributed by atoms with Crippen molar-refractivity contribution in [2.45, 2.75) is 37.6 Å². The highest BCUT2D eigenvalue weighted by Gasteiger charge is 2.39. The first kappa shape index (κ1) is 14.9. The van der Waals surface area contributed by atoms with Crippen molar-refractivity contribution in [3.05, 3.63) is 35.6 Å². The monoisotopic (exact) mass is 312 g/mol. The van der Waals surface area contributed by atoms with E-state index in [1.807, 2.05) is 6.92 Å². The summed E-state index contributed by atoms with van der Waals surface area (Å²) < 4.78 is 39.9. The van der Waals surface area contributed by atoms with E-state index < -0.39 is 10.0 Å². The predicted octanol–water partition coefficient (Wildman–Crippen LogP) is 1.82. The van der Waals surface area contributed by atoms with E-state index in [0.717, 1.165) is 25.9 Å². The second-order valence-corrected chi connectivity index (χ2v) is 8.01. The van der Waals surface area contributed by atoms with Crippen molar-refractivity contribution in [3.8, 4) is 0 Å². The minimum Gasteiger partial charge on any atom is -0.297 e. The van der Waals surface area contributed by atoms with Crippen molar-refractivity contribution in [1.29, 1.82) is 0 Å². The molecule has 6 heteroatoms. The van der Waals surface area contributed by atoms with Gasteiger partial charge >= 0.3 is 0 Å². The maximum Gasteiger partial charge on any atom is 0.218 e. The van der Waals surface area contributed by atoms with Gasteiger partial charge in [0.15, 0.2) is 0 Å². The summed E-state index contributed by atoms with van der Waals surface area (Å²) in [5.41, 5.74) is 0.637. The van der Waals surface area contributed by atoms with Crippen molar-refractivity contribution in [3.63, 3.8) is 0 Å². The highest BCUT2D eigenvalue weighted by atomic mass is 32.2. The maximum absolute atomic E-state index is 12.9. The number of halogens is 1. The van der Waals surface area contributed by atoms with E-state index in [1.165, 1.54) is 12.1 Å². The molecule has 0 aromatic heterocycles. The zero-order valence-electron chi connectivity index (χ0n) is 12.2. The third-order valence-corrected chi connectivity index (χ3v) is 6.42. The Balaban J connectivity index is 1.76. The molecular formula is C15H21FN2O2S. The molecule has 2 fully saturated rings. The quantitative estimate of drug-likeness (QED) is 0.855. The largest absolute Gasteiger partial charge is 0.297 e. The molecule has 1 aromatic rings. The van der Waals surface area contributed by atoms with Crippen LogP contribution in [0.5, 0.6) is 0 Å². The van der Waals surface area contributed by atoms with Crippen LogP contribution in [0.4, 0.5) is 4.39 Å². The second-order valence-electron chi connectivity index (χ2n) is 6.09. The van der Waals surface area contributed by atoms with E-state index in [9.17, 15) is 12.8 Å². The summed E-state index contributed by atoms with van der Waals surface area (Å²) in [4.78, 5) is 2.40. The van der Waals surface area contributed by atoms with Gasteiger partial charge in [0.1, 0.15) is 5.82 Å². The first-order valence-corrected chi connectivity index (χ1v) is 9.04. The molecule has 0 aliphatic carbocycles. The molecule has 0 spiro atoms. The molecule has 1 aromatic carbocycles. The lowest BCUT2D eigenvalue weighted by Crippen LogP contribution is -2.56. The Bertz CT molecular complexity index is 603. The molecular weight excluding hydrogens is 291 g/mol. The van der Waals surface area contributed by atoms with Crippen molar-refractivity contribution in [1.82, 2.24) is 9.21 Å². The predicted molar refractivity (Wildman–Crippen MR) is 79.8 cm³/mol. The summed E-state index contributed by atoms with van der Waals surface area (Å²) >= 11 is 0. The Morgan fingerprint density at radius 2 is 1.95 bits per heavy atom. The SMILES string of the molecule is C[C@H]1CN2CCC[C@H]2CN1S(=O)(=O)Cc1ccc(F)cc1. The van der Waals surface area contributed by atoms with Gasteiger partial charge in [0.25, 0.3) is 0 Å². The topological polar surface area (TPSA) is 40.6 Å². The van der Waals surface area contributed by atoms with E-state index in [0.29, 0.717) is 18.2 Å². The van der Waals surface area contributed by atoms with Crippen LogP contribution in [0.25, 0.3) is 0 Å². The lowest BCUT2D eigenvalue weighted by molar-refractivity contribution is 0.117. The number of sulfonamides is 1. The van der Waals surface area contributed by atoms with Gasteiger partial charge < -0.3 is 0 Å². The summed E-state index contributed by atoms with van der Waals surface area (Å²) in [7, 11) is -3.35. The van der Waals surface area contributed by atoms with Gasteiger partial charge in [0.2, 0.25) is 10.0 Å². The zero-order valence-corrected chi connectivity index (χ0v) is 13.0. The maximum atomic E-state index is 12.9. The van der Waals surface area contributed by atoms with Crippen LogP contribution in [0.3, 0.4) is 0 Å². The molecule has 2 atom stereocenters. The van der Waals surface area contributed by atoms with Gasteiger partial charge in [0.05, 0.1) is 5.75 Å². The van der Waals surface area contributed by atoms with Crippen molar-refractivity contribution in [2.75, 3.05) is 19.6 Å². The normalized spacial score (nSPS) is 27.7. The Morgan fingerprint density at radius 3 is 2.67 bits per heavy atom. The molecule has 0 N–H and O–H groups in total. The minimum absolute atomic E-state index is 0.00444. The lowest BCUT2D eigenvalue weighted by atomic mass is 10.1.